The van der Waals surface area contributed by atoms with E-state index in [0.717, 1.165) is 21.6 Å². The number of hydrogen-bond acceptors (Lipinski definition) is 5. The zero-order chi connectivity index (χ0) is 18.7. The van der Waals surface area contributed by atoms with Crippen molar-refractivity contribution in [3.8, 4) is 12.3 Å². The van der Waals surface area contributed by atoms with Gasteiger partial charge in [0.25, 0.3) is 5.91 Å². The molecule has 0 atom stereocenters. The highest BCUT2D eigenvalue weighted by Crippen LogP contribution is 2.26. The lowest BCUT2D eigenvalue weighted by atomic mass is 10.3. The molecule has 0 bridgehead atoms. The molecule has 1 amide bonds. The predicted molar refractivity (Wildman–Crippen MR) is 104 cm³/mol. The minimum Gasteiger partial charge on any atom is -0.303 e. The molecule has 0 unspecified atom stereocenters. The molecule has 0 aliphatic carbocycles. The summed E-state index contributed by atoms with van der Waals surface area (Å²) in [7, 11) is 0. The maximum atomic E-state index is 12.2. The van der Waals surface area contributed by atoms with Crippen molar-refractivity contribution in [2.24, 2.45) is 4.99 Å². The molecule has 0 N–H and O–H groups in total. The molecule has 0 aliphatic rings. The summed E-state index contributed by atoms with van der Waals surface area (Å²) in [4.78, 5) is 27.5. The quantitative estimate of drug-likeness (QED) is 0.285. The van der Waals surface area contributed by atoms with Gasteiger partial charge < -0.3 is 4.57 Å². The lowest BCUT2D eigenvalue weighted by Gasteiger charge is -2.00. The molecule has 130 valence electrons. The first-order chi connectivity index (χ1) is 12.5. The van der Waals surface area contributed by atoms with Gasteiger partial charge in [-0.15, -0.1) is 6.42 Å². The summed E-state index contributed by atoms with van der Waals surface area (Å²) in [6.45, 7) is 0.233. The molecule has 9 heteroatoms. The van der Waals surface area contributed by atoms with Crippen molar-refractivity contribution in [3.05, 3.63) is 61.2 Å². The molecule has 1 aromatic carbocycles. The van der Waals surface area contributed by atoms with Gasteiger partial charge in [-0.3, -0.25) is 14.9 Å². The maximum Gasteiger partial charge on any atom is 0.324 e. The highest BCUT2D eigenvalue weighted by Gasteiger charge is 2.10. The van der Waals surface area contributed by atoms with Crippen LogP contribution in [0.3, 0.4) is 0 Å². The Hall–Kier alpha value is -2.73. The molecule has 26 heavy (non-hydrogen) atoms. The molecule has 3 aromatic rings. The molecule has 0 saturated heterocycles. The van der Waals surface area contributed by atoms with E-state index in [2.05, 4.69) is 10.9 Å². The number of nitrogens with zero attached hydrogens (tertiary/aromatic N) is 3. The summed E-state index contributed by atoms with van der Waals surface area (Å²) in [5, 5.41) is 11.2. The van der Waals surface area contributed by atoms with Gasteiger partial charge in [-0.05, 0) is 24.3 Å². The Morgan fingerprint density at radius 2 is 2.19 bits per heavy atom. The number of rotatable bonds is 4. The fourth-order valence-electron chi connectivity index (χ4n) is 2.22. The van der Waals surface area contributed by atoms with Crippen LogP contribution in [0.5, 0.6) is 0 Å². The lowest BCUT2D eigenvalue weighted by Crippen LogP contribution is -2.15. The number of hydrogen-bond donors (Lipinski definition) is 0. The van der Waals surface area contributed by atoms with Crippen LogP contribution in [0, 0.1) is 22.5 Å². The lowest BCUT2D eigenvalue weighted by molar-refractivity contribution is -0.380. The van der Waals surface area contributed by atoms with Gasteiger partial charge in [0, 0.05) is 17.0 Å². The minimum atomic E-state index is -0.491. The summed E-state index contributed by atoms with van der Waals surface area (Å²) in [6.07, 6.45) is 8.18. The topological polar surface area (TPSA) is 77.5 Å². The summed E-state index contributed by atoms with van der Waals surface area (Å²) in [5.41, 5.74) is 0.738. The van der Waals surface area contributed by atoms with E-state index < -0.39 is 10.8 Å². The van der Waals surface area contributed by atoms with Crippen LogP contribution in [0.4, 0.5) is 5.00 Å². The normalized spacial score (nSPS) is 11.9. The van der Waals surface area contributed by atoms with Gasteiger partial charge >= 0.3 is 5.00 Å². The Bertz CT molecular complexity index is 1150. The minimum absolute atomic E-state index is 0.0139. The number of fused-ring (bicyclic) bond motifs is 1. The van der Waals surface area contributed by atoms with Crippen molar-refractivity contribution in [2.75, 3.05) is 0 Å². The van der Waals surface area contributed by atoms with E-state index in [9.17, 15) is 14.9 Å². The smallest absolute Gasteiger partial charge is 0.303 e. The summed E-state index contributed by atoms with van der Waals surface area (Å²) >= 11 is 8.53. The zero-order valence-corrected chi connectivity index (χ0v) is 15.5. The third kappa shape index (κ3) is 3.75. The molecule has 2 heterocycles. The first kappa shape index (κ1) is 18.1. The summed E-state index contributed by atoms with van der Waals surface area (Å²) in [6, 6.07) is 8.41. The molecule has 0 radical (unpaired) electrons. The Morgan fingerprint density at radius 3 is 2.88 bits per heavy atom. The fourth-order valence-corrected chi connectivity index (χ4v) is 4.34. The number of thiophene rings is 1. The predicted octanol–water partition coefficient (Wildman–Crippen LogP) is 4.10. The summed E-state index contributed by atoms with van der Waals surface area (Å²) in [5.74, 6) is 2.04. The first-order valence-electron chi connectivity index (χ1n) is 7.22. The number of para-hydroxylation sites is 1. The van der Waals surface area contributed by atoms with Crippen LogP contribution < -0.4 is 4.80 Å². The monoisotopic (exact) mass is 403 g/mol. The SMILES string of the molecule is C#CCn1c(=NC(=O)/C=C/c2ccc([N+](=O)[O-])s2)sc2cccc(Cl)c21. The van der Waals surface area contributed by atoms with Crippen molar-refractivity contribution in [1.29, 1.82) is 0 Å². The standard InChI is InChI=1S/C17H10ClN3O3S2/c1-2-10-20-16-12(18)4-3-5-13(16)26-17(20)19-14(22)8-6-11-7-9-15(25-11)21(23)24/h1,3-9H,10H2/b8-6+,19-17?. The van der Waals surface area contributed by atoms with E-state index >= 15 is 0 Å². The zero-order valence-electron chi connectivity index (χ0n) is 13.1. The second-order valence-electron chi connectivity index (χ2n) is 4.98. The van der Waals surface area contributed by atoms with Gasteiger partial charge in [0.15, 0.2) is 4.80 Å². The van der Waals surface area contributed by atoms with Crippen LogP contribution in [-0.4, -0.2) is 15.4 Å². The average Bonchev–Trinajstić information content (AvgIpc) is 3.20. The van der Waals surface area contributed by atoms with E-state index in [1.807, 2.05) is 12.1 Å². The molecule has 0 spiro atoms. The van der Waals surface area contributed by atoms with E-state index in [-0.39, 0.29) is 11.5 Å². The molecular formula is C17H10ClN3O3S2. The van der Waals surface area contributed by atoms with Crippen molar-refractivity contribution in [1.82, 2.24) is 4.57 Å². The van der Waals surface area contributed by atoms with E-state index in [1.54, 1.807) is 16.7 Å². The number of aromatic nitrogens is 1. The molecule has 3 rings (SSSR count). The summed E-state index contributed by atoms with van der Waals surface area (Å²) < 4.78 is 2.58. The van der Waals surface area contributed by atoms with Crippen LogP contribution in [-0.2, 0) is 11.3 Å². The van der Waals surface area contributed by atoms with Crippen molar-refractivity contribution < 1.29 is 9.72 Å². The van der Waals surface area contributed by atoms with Crippen molar-refractivity contribution >= 4 is 61.5 Å². The number of nitro groups is 1. The average molecular weight is 404 g/mol. The number of carbonyl (C=O) groups excluding carboxylic acids is 1. The van der Waals surface area contributed by atoms with Crippen LogP contribution >= 0.6 is 34.3 Å². The van der Waals surface area contributed by atoms with Crippen molar-refractivity contribution in [3.63, 3.8) is 0 Å². The van der Waals surface area contributed by atoms with Gasteiger partial charge in [-0.2, -0.15) is 4.99 Å². The van der Waals surface area contributed by atoms with Crippen molar-refractivity contribution in [2.45, 2.75) is 6.54 Å². The Morgan fingerprint density at radius 1 is 1.38 bits per heavy atom. The van der Waals surface area contributed by atoms with Crippen LogP contribution in [0.25, 0.3) is 16.3 Å². The van der Waals surface area contributed by atoms with Gasteiger partial charge in [-0.25, -0.2) is 0 Å². The van der Waals surface area contributed by atoms with Gasteiger partial charge in [-0.1, -0.05) is 46.3 Å². The molecule has 0 aliphatic heterocycles. The second-order valence-corrected chi connectivity index (χ2v) is 7.49. The number of benzene rings is 1. The Balaban J connectivity index is 1.96. The second kappa shape index (κ2) is 7.66. The highest BCUT2D eigenvalue weighted by molar-refractivity contribution is 7.16. The number of thiazole rings is 1. The van der Waals surface area contributed by atoms with E-state index in [4.69, 9.17) is 18.0 Å². The number of amides is 1. The van der Waals surface area contributed by atoms with E-state index in [1.165, 1.54) is 29.6 Å². The largest absolute Gasteiger partial charge is 0.324 e. The molecular weight excluding hydrogens is 394 g/mol. The van der Waals surface area contributed by atoms with E-state index in [0.29, 0.717) is 14.7 Å². The molecule has 0 saturated carbocycles. The Kier molecular flexibility index (Phi) is 5.32. The number of carbonyl (C=O) groups is 1. The van der Waals surface area contributed by atoms with Crippen LogP contribution in [0.15, 0.2) is 41.4 Å². The number of halogens is 1. The third-order valence-electron chi connectivity index (χ3n) is 3.29. The van der Waals surface area contributed by atoms with Gasteiger partial charge in [0.05, 0.1) is 26.7 Å². The third-order valence-corrected chi connectivity index (χ3v) is 5.64. The van der Waals surface area contributed by atoms with Gasteiger partial charge in [0.2, 0.25) is 0 Å². The maximum absolute atomic E-state index is 12.2. The van der Waals surface area contributed by atoms with Crippen LogP contribution in [0.2, 0.25) is 5.02 Å². The fraction of sp³-hybridized carbons (Fsp3) is 0.0588. The first-order valence-corrected chi connectivity index (χ1v) is 9.23. The molecule has 2 aromatic heterocycles. The number of terminal acetylenes is 1. The van der Waals surface area contributed by atoms with Crippen LogP contribution in [0.1, 0.15) is 4.88 Å². The molecule has 6 nitrogen and oxygen atoms in total. The highest BCUT2D eigenvalue weighted by atomic mass is 35.5. The van der Waals surface area contributed by atoms with Gasteiger partial charge in [0.1, 0.15) is 0 Å². The molecule has 0 fully saturated rings. The Labute approximate surface area is 160 Å².